The smallest absolute Gasteiger partial charge is 0.273 e. The quantitative estimate of drug-likeness (QED) is 0.574. The van der Waals surface area contributed by atoms with Gasteiger partial charge in [0.05, 0.1) is 17.6 Å². The van der Waals surface area contributed by atoms with Gasteiger partial charge in [-0.05, 0) is 6.07 Å². The van der Waals surface area contributed by atoms with Gasteiger partial charge in [-0.1, -0.05) is 0 Å². The van der Waals surface area contributed by atoms with E-state index in [1.54, 1.807) is 0 Å². The number of hydrogen-bond acceptors (Lipinski definition) is 6. The molecule has 2 rings (SSSR count). The molecule has 0 bridgehead atoms. The molecule has 2 unspecified atom stereocenters. The SMILES string of the molecule is O=[N+]([O-])c1ccc2c(c1)OCC(C(O)CO)O2. The highest BCUT2D eigenvalue weighted by molar-refractivity contribution is 5.49. The molecule has 1 aliphatic heterocycles. The first-order valence-electron chi connectivity index (χ1n) is 4.98. The highest BCUT2D eigenvalue weighted by Crippen LogP contribution is 2.35. The third-order valence-electron chi connectivity index (χ3n) is 2.44. The Morgan fingerprint density at radius 2 is 2.29 bits per heavy atom. The molecule has 17 heavy (non-hydrogen) atoms. The van der Waals surface area contributed by atoms with Crippen LogP contribution in [0.2, 0.25) is 0 Å². The van der Waals surface area contributed by atoms with Crippen molar-refractivity contribution in [3.8, 4) is 11.5 Å². The predicted molar refractivity (Wildman–Crippen MR) is 56.1 cm³/mol. The molecule has 2 atom stereocenters. The zero-order valence-electron chi connectivity index (χ0n) is 8.78. The lowest BCUT2D eigenvalue weighted by Gasteiger charge is -2.28. The van der Waals surface area contributed by atoms with Crippen molar-refractivity contribution in [3.63, 3.8) is 0 Å². The van der Waals surface area contributed by atoms with Crippen molar-refractivity contribution in [1.82, 2.24) is 0 Å². The maximum Gasteiger partial charge on any atom is 0.273 e. The number of hydrogen-bond donors (Lipinski definition) is 2. The van der Waals surface area contributed by atoms with Crippen LogP contribution >= 0.6 is 0 Å². The van der Waals surface area contributed by atoms with Gasteiger partial charge in [-0.25, -0.2) is 0 Å². The number of rotatable bonds is 3. The van der Waals surface area contributed by atoms with Crippen LogP contribution < -0.4 is 9.47 Å². The molecule has 0 aliphatic carbocycles. The molecule has 2 N–H and O–H groups in total. The minimum absolute atomic E-state index is 0.0376. The molecule has 0 amide bonds. The van der Waals surface area contributed by atoms with Gasteiger partial charge in [0.1, 0.15) is 12.7 Å². The van der Waals surface area contributed by atoms with E-state index in [9.17, 15) is 15.2 Å². The number of ether oxygens (including phenoxy) is 2. The van der Waals surface area contributed by atoms with Gasteiger partial charge in [0, 0.05) is 6.07 Å². The van der Waals surface area contributed by atoms with Gasteiger partial charge in [0.25, 0.3) is 5.69 Å². The largest absolute Gasteiger partial charge is 0.485 e. The van der Waals surface area contributed by atoms with Gasteiger partial charge in [0.15, 0.2) is 17.6 Å². The summed E-state index contributed by atoms with van der Waals surface area (Å²) in [4.78, 5) is 10.0. The molecule has 0 spiro atoms. The highest BCUT2D eigenvalue weighted by Gasteiger charge is 2.28. The summed E-state index contributed by atoms with van der Waals surface area (Å²) in [6.45, 7) is -0.397. The lowest BCUT2D eigenvalue weighted by Crippen LogP contribution is -2.41. The second-order valence-electron chi connectivity index (χ2n) is 3.61. The standard InChI is InChI=1S/C10H11NO6/c12-4-7(13)10-5-16-9-3-6(11(14)15)1-2-8(9)17-10/h1-3,7,10,12-13H,4-5H2. The Morgan fingerprint density at radius 3 is 2.94 bits per heavy atom. The Morgan fingerprint density at radius 1 is 1.53 bits per heavy atom. The van der Waals surface area contributed by atoms with E-state index in [0.717, 1.165) is 0 Å². The fourth-order valence-corrected chi connectivity index (χ4v) is 1.50. The first-order chi connectivity index (χ1) is 8.11. The van der Waals surface area contributed by atoms with Crippen molar-refractivity contribution >= 4 is 5.69 Å². The zero-order valence-corrected chi connectivity index (χ0v) is 8.78. The lowest BCUT2D eigenvalue weighted by atomic mass is 10.2. The first kappa shape index (κ1) is 11.6. The topological polar surface area (TPSA) is 102 Å². The van der Waals surface area contributed by atoms with E-state index in [1.807, 2.05) is 0 Å². The molecule has 0 saturated carbocycles. The fraction of sp³-hybridized carbons (Fsp3) is 0.400. The van der Waals surface area contributed by atoms with Crippen molar-refractivity contribution in [2.24, 2.45) is 0 Å². The minimum Gasteiger partial charge on any atom is -0.485 e. The molecular weight excluding hydrogens is 230 g/mol. The van der Waals surface area contributed by atoms with Gasteiger partial charge in [-0.15, -0.1) is 0 Å². The first-order valence-corrected chi connectivity index (χ1v) is 4.98. The average Bonchev–Trinajstić information content (AvgIpc) is 2.36. The van der Waals surface area contributed by atoms with Crippen LogP contribution in [0, 0.1) is 10.1 Å². The summed E-state index contributed by atoms with van der Waals surface area (Å²) in [5.41, 5.74) is -0.0893. The molecule has 1 aromatic rings. The van der Waals surface area contributed by atoms with E-state index in [0.29, 0.717) is 5.75 Å². The molecule has 7 nitrogen and oxygen atoms in total. The number of nitro benzene ring substituents is 1. The van der Waals surface area contributed by atoms with Gasteiger partial charge in [0.2, 0.25) is 0 Å². The van der Waals surface area contributed by atoms with Crippen molar-refractivity contribution in [3.05, 3.63) is 28.3 Å². The number of nitro groups is 1. The zero-order chi connectivity index (χ0) is 12.4. The molecule has 0 saturated heterocycles. The summed E-state index contributed by atoms with van der Waals surface area (Å²) < 4.78 is 10.6. The lowest BCUT2D eigenvalue weighted by molar-refractivity contribution is -0.385. The maximum atomic E-state index is 10.5. The number of benzene rings is 1. The van der Waals surface area contributed by atoms with Crippen molar-refractivity contribution in [2.45, 2.75) is 12.2 Å². The van der Waals surface area contributed by atoms with E-state index in [4.69, 9.17) is 14.6 Å². The second-order valence-corrected chi connectivity index (χ2v) is 3.61. The van der Waals surface area contributed by atoms with Crippen LogP contribution in [0.4, 0.5) is 5.69 Å². The van der Waals surface area contributed by atoms with Crippen LogP contribution in [0.5, 0.6) is 11.5 Å². The molecule has 0 fully saturated rings. The molecule has 1 aliphatic rings. The predicted octanol–water partition coefficient (Wildman–Crippen LogP) is 0.0878. The summed E-state index contributed by atoms with van der Waals surface area (Å²) >= 11 is 0. The Hall–Kier alpha value is -1.86. The van der Waals surface area contributed by atoms with Gasteiger partial charge < -0.3 is 19.7 Å². The van der Waals surface area contributed by atoms with Gasteiger partial charge in [-0.3, -0.25) is 10.1 Å². The van der Waals surface area contributed by atoms with E-state index in [-0.39, 0.29) is 18.0 Å². The van der Waals surface area contributed by atoms with E-state index in [1.165, 1.54) is 18.2 Å². The molecular formula is C10H11NO6. The summed E-state index contributed by atoms with van der Waals surface area (Å²) in [5.74, 6) is 0.583. The van der Waals surface area contributed by atoms with Crippen LogP contribution in [-0.4, -0.2) is 40.6 Å². The highest BCUT2D eigenvalue weighted by atomic mass is 16.6. The molecule has 7 heteroatoms. The van der Waals surface area contributed by atoms with E-state index >= 15 is 0 Å². The normalized spacial score (nSPS) is 19.8. The van der Waals surface area contributed by atoms with Crippen LogP contribution in [0.3, 0.4) is 0 Å². The van der Waals surface area contributed by atoms with E-state index < -0.39 is 23.7 Å². The fourth-order valence-electron chi connectivity index (χ4n) is 1.50. The third kappa shape index (κ3) is 2.29. The van der Waals surface area contributed by atoms with Crippen LogP contribution in [-0.2, 0) is 0 Å². The van der Waals surface area contributed by atoms with Crippen molar-refractivity contribution in [2.75, 3.05) is 13.2 Å². The monoisotopic (exact) mass is 241 g/mol. The summed E-state index contributed by atoms with van der Waals surface area (Å²) in [5, 5.41) is 28.7. The van der Waals surface area contributed by atoms with Crippen LogP contribution in [0.25, 0.3) is 0 Å². The Balaban J connectivity index is 2.20. The minimum atomic E-state index is -1.04. The Labute approximate surface area is 96.4 Å². The van der Waals surface area contributed by atoms with Crippen molar-refractivity contribution in [1.29, 1.82) is 0 Å². The van der Waals surface area contributed by atoms with Crippen LogP contribution in [0.15, 0.2) is 18.2 Å². The summed E-state index contributed by atoms with van der Waals surface area (Å²) in [6.07, 6.45) is -1.72. The Kier molecular flexibility index (Phi) is 3.12. The summed E-state index contributed by atoms with van der Waals surface area (Å²) in [6, 6.07) is 3.95. The second kappa shape index (κ2) is 4.56. The molecule has 1 heterocycles. The molecule has 1 aromatic carbocycles. The van der Waals surface area contributed by atoms with Gasteiger partial charge in [-0.2, -0.15) is 0 Å². The van der Waals surface area contributed by atoms with Crippen LogP contribution in [0.1, 0.15) is 0 Å². The van der Waals surface area contributed by atoms with Crippen molar-refractivity contribution < 1.29 is 24.6 Å². The molecule has 92 valence electrons. The Bertz CT molecular complexity index is 435. The average molecular weight is 241 g/mol. The number of aliphatic hydroxyl groups is 2. The summed E-state index contributed by atoms with van der Waals surface area (Å²) in [7, 11) is 0. The molecule has 0 aromatic heterocycles. The number of fused-ring (bicyclic) bond motifs is 1. The van der Waals surface area contributed by atoms with Gasteiger partial charge >= 0.3 is 0 Å². The third-order valence-corrected chi connectivity index (χ3v) is 2.44. The maximum absolute atomic E-state index is 10.5. The number of non-ortho nitro benzene ring substituents is 1. The van der Waals surface area contributed by atoms with E-state index in [2.05, 4.69) is 0 Å². The number of nitrogens with zero attached hydrogens (tertiary/aromatic N) is 1. The number of aliphatic hydroxyl groups excluding tert-OH is 2. The molecule has 0 radical (unpaired) electrons.